The Morgan fingerprint density at radius 2 is 1.72 bits per heavy atom. The fourth-order valence-corrected chi connectivity index (χ4v) is 3.93. The summed E-state index contributed by atoms with van der Waals surface area (Å²) in [6.45, 7) is 0. The standard InChI is InChI=1S/C26H23N5O/c32-26(29-22(14-23-16-27-17-28-23)12-18-6-2-1-3-7-18)25-15-24(30-31-25)21-11-10-19-8-4-5-9-20(19)13-21/h1-11,13,15-17,22H,12,14H2,(H,27,28)(H,29,32)(H,30,31). The van der Waals surface area contributed by atoms with Crippen LogP contribution in [0.25, 0.3) is 22.0 Å². The summed E-state index contributed by atoms with van der Waals surface area (Å²) in [5.41, 5.74) is 4.30. The number of fused-ring (bicyclic) bond motifs is 1. The predicted octanol–water partition coefficient (Wildman–Crippen LogP) is 4.54. The van der Waals surface area contributed by atoms with Crippen molar-refractivity contribution in [3.8, 4) is 11.3 Å². The summed E-state index contributed by atoms with van der Waals surface area (Å²) < 4.78 is 0. The van der Waals surface area contributed by atoms with Crippen LogP contribution in [0.1, 0.15) is 21.7 Å². The number of aromatic nitrogens is 4. The third kappa shape index (κ3) is 4.44. The molecule has 2 heterocycles. The van der Waals surface area contributed by atoms with Crippen LogP contribution in [0.3, 0.4) is 0 Å². The van der Waals surface area contributed by atoms with Crippen molar-refractivity contribution in [1.82, 2.24) is 25.5 Å². The highest BCUT2D eigenvalue weighted by Crippen LogP contribution is 2.23. The van der Waals surface area contributed by atoms with E-state index in [4.69, 9.17) is 0 Å². The topological polar surface area (TPSA) is 86.5 Å². The fraction of sp³-hybridized carbons (Fsp3) is 0.115. The number of carbonyl (C=O) groups excluding carboxylic acids is 1. The minimum Gasteiger partial charge on any atom is -0.348 e. The Kier molecular flexibility index (Phi) is 5.49. The van der Waals surface area contributed by atoms with Gasteiger partial charge in [0.05, 0.1) is 12.0 Å². The Morgan fingerprint density at radius 1 is 0.906 bits per heavy atom. The minimum absolute atomic E-state index is 0.0854. The van der Waals surface area contributed by atoms with Crippen LogP contribution >= 0.6 is 0 Å². The molecular formula is C26H23N5O. The summed E-state index contributed by atoms with van der Waals surface area (Å²) in [7, 11) is 0. The number of benzene rings is 3. The summed E-state index contributed by atoms with van der Waals surface area (Å²) in [4.78, 5) is 20.2. The van der Waals surface area contributed by atoms with Gasteiger partial charge in [0.25, 0.3) is 5.91 Å². The van der Waals surface area contributed by atoms with E-state index in [1.807, 2.05) is 36.4 Å². The normalized spacial score (nSPS) is 12.0. The number of hydrogen-bond acceptors (Lipinski definition) is 3. The molecule has 0 bridgehead atoms. The van der Waals surface area contributed by atoms with Crippen molar-refractivity contribution in [2.75, 3.05) is 0 Å². The summed E-state index contributed by atoms with van der Waals surface area (Å²) >= 11 is 0. The summed E-state index contributed by atoms with van der Waals surface area (Å²) in [6.07, 6.45) is 4.82. The largest absolute Gasteiger partial charge is 0.348 e. The molecule has 1 unspecified atom stereocenters. The van der Waals surface area contributed by atoms with Crippen LogP contribution < -0.4 is 5.32 Å². The zero-order valence-corrected chi connectivity index (χ0v) is 17.5. The van der Waals surface area contributed by atoms with Gasteiger partial charge in [0.1, 0.15) is 5.69 Å². The fourth-order valence-electron chi connectivity index (χ4n) is 3.93. The molecule has 0 saturated heterocycles. The molecule has 5 aromatic rings. The van der Waals surface area contributed by atoms with Gasteiger partial charge in [0.15, 0.2) is 0 Å². The molecule has 3 N–H and O–H groups in total. The van der Waals surface area contributed by atoms with Crippen molar-refractivity contribution in [3.63, 3.8) is 0 Å². The molecule has 0 aliphatic carbocycles. The third-order valence-electron chi connectivity index (χ3n) is 5.55. The quantitative estimate of drug-likeness (QED) is 0.361. The number of carbonyl (C=O) groups is 1. The second-order valence-corrected chi connectivity index (χ2v) is 7.87. The van der Waals surface area contributed by atoms with Crippen LogP contribution in [-0.2, 0) is 12.8 Å². The molecule has 0 aliphatic rings. The highest BCUT2D eigenvalue weighted by atomic mass is 16.2. The highest BCUT2D eigenvalue weighted by molar-refractivity contribution is 5.94. The molecule has 0 spiro atoms. The SMILES string of the molecule is O=C(NC(Cc1ccccc1)Cc1cnc[nH]1)c1cc(-c2ccc3ccccc3c2)n[nH]1. The highest BCUT2D eigenvalue weighted by Gasteiger charge is 2.18. The van der Waals surface area contributed by atoms with Crippen molar-refractivity contribution in [3.05, 3.63) is 108 Å². The molecular weight excluding hydrogens is 398 g/mol. The lowest BCUT2D eigenvalue weighted by Gasteiger charge is -2.18. The number of amides is 1. The number of nitrogens with one attached hydrogen (secondary N) is 3. The third-order valence-corrected chi connectivity index (χ3v) is 5.55. The first-order chi connectivity index (χ1) is 15.7. The summed E-state index contributed by atoms with van der Waals surface area (Å²) in [6, 6.07) is 26.2. The first-order valence-electron chi connectivity index (χ1n) is 10.6. The lowest BCUT2D eigenvalue weighted by molar-refractivity contribution is 0.0931. The Bertz CT molecular complexity index is 1320. The molecule has 0 saturated carbocycles. The number of nitrogens with zero attached hydrogens (tertiary/aromatic N) is 2. The second kappa shape index (κ2) is 8.89. The number of rotatable bonds is 7. The summed E-state index contributed by atoms with van der Waals surface area (Å²) in [5, 5.41) is 12.7. The van der Waals surface area contributed by atoms with Gasteiger partial charge >= 0.3 is 0 Å². The molecule has 3 aromatic carbocycles. The van der Waals surface area contributed by atoms with Gasteiger partial charge in [0, 0.05) is 29.9 Å². The van der Waals surface area contributed by atoms with Gasteiger partial charge in [-0.25, -0.2) is 4.98 Å². The molecule has 2 aromatic heterocycles. The van der Waals surface area contributed by atoms with Gasteiger partial charge in [0.2, 0.25) is 0 Å². The number of H-pyrrole nitrogens is 2. The van der Waals surface area contributed by atoms with Gasteiger partial charge in [-0.3, -0.25) is 9.89 Å². The molecule has 0 aliphatic heterocycles. The van der Waals surface area contributed by atoms with E-state index >= 15 is 0 Å². The van der Waals surface area contributed by atoms with E-state index in [2.05, 4.69) is 61.9 Å². The van der Waals surface area contributed by atoms with E-state index in [0.29, 0.717) is 12.1 Å². The zero-order valence-electron chi connectivity index (χ0n) is 17.5. The van der Waals surface area contributed by atoms with Crippen molar-refractivity contribution in [2.45, 2.75) is 18.9 Å². The van der Waals surface area contributed by atoms with E-state index in [9.17, 15) is 4.79 Å². The number of hydrogen-bond donors (Lipinski definition) is 3. The lowest BCUT2D eigenvalue weighted by Crippen LogP contribution is -2.38. The minimum atomic E-state index is -0.176. The van der Waals surface area contributed by atoms with Crippen molar-refractivity contribution in [2.24, 2.45) is 0 Å². The van der Waals surface area contributed by atoms with Gasteiger partial charge in [-0.15, -0.1) is 0 Å². The van der Waals surface area contributed by atoms with E-state index in [-0.39, 0.29) is 11.9 Å². The smallest absolute Gasteiger partial charge is 0.269 e. The van der Waals surface area contributed by atoms with Crippen molar-refractivity contribution < 1.29 is 4.79 Å². The Hall–Kier alpha value is -4.19. The van der Waals surface area contributed by atoms with Crippen LogP contribution in [0.4, 0.5) is 0 Å². The molecule has 6 nitrogen and oxygen atoms in total. The predicted molar refractivity (Wildman–Crippen MR) is 125 cm³/mol. The average Bonchev–Trinajstić information content (AvgIpc) is 3.52. The molecule has 158 valence electrons. The van der Waals surface area contributed by atoms with Crippen molar-refractivity contribution >= 4 is 16.7 Å². The van der Waals surface area contributed by atoms with E-state index in [0.717, 1.165) is 28.8 Å². The van der Waals surface area contributed by atoms with Crippen molar-refractivity contribution in [1.29, 1.82) is 0 Å². The molecule has 1 atom stereocenters. The maximum absolute atomic E-state index is 13.0. The maximum atomic E-state index is 13.0. The average molecular weight is 422 g/mol. The monoisotopic (exact) mass is 421 g/mol. The van der Waals surface area contributed by atoms with Crippen LogP contribution in [-0.4, -0.2) is 32.1 Å². The van der Waals surface area contributed by atoms with E-state index in [1.165, 1.54) is 10.9 Å². The molecule has 32 heavy (non-hydrogen) atoms. The first kappa shape index (κ1) is 19.8. The van der Waals surface area contributed by atoms with Crippen LogP contribution in [0.2, 0.25) is 0 Å². The number of aromatic amines is 2. The Labute approximate surface area is 185 Å². The van der Waals surface area contributed by atoms with Gasteiger partial charge in [-0.05, 0) is 34.9 Å². The first-order valence-corrected chi connectivity index (χ1v) is 10.6. The molecule has 0 fully saturated rings. The maximum Gasteiger partial charge on any atom is 0.269 e. The molecule has 0 radical (unpaired) electrons. The zero-order chi connectivity index (χ0) is 21.8. The van der Waals surface area contributed by atoms with E-state index in [1.54, 1.807) is 18.6 Å². The van der Waals surface area contributed by atoms with Gasteiger partial charge in [-0.2, -0.15) is 5.10 Å². The molecule has 5 rings (SSSR count). The van der Waals surface area contributed by atoms with Crippen LogP contribution in [0, 0.1) is 0 Å². The van der Waals surface area contributed by atoms with Crippen LogP contribution in [0.15, 0.2) is 91.4 Å². The molecule has 1 amide bonds. The lowest BCUT2D eigenvalue weighted by atomic mass is 10.0. The van der Waals surface area contributed by atoms with E-state index < -0.39 is 0 Å². The Morgan fingerprint density at radius 3 is 2.53 bits per heavy atom. The second-order valence-electron chi connectivity index (χ2n) is 7.87. The Balaban J connectivity index is 1.34. The van der Waals surface area contributed by atoms with Gasteiger partial charge < -0.3 is 10.3 Å². The van der Waals surface area contributed by atoms with Gasteiger partial charge in [-0.1, -0.05) is 66.7 Å². The molecule has 6 heteroatoms. The summed E-state index contributed by atoms with van der Waals surface area (Å²) in [5.74, 6) is -0.176. The van der Waals surface area contributed by atoms with Crippen LogP contribution in [0.5, 0.6) is 0 Å². The number of imidazole rings is 1.